The molecule has 0 radical (unpaired) electrons. The first-order chi connectivity index (χ1) is 5.00. The average molecular weight is 224 g/mol. The van der Waals surface area contributed by atoms with Crippen LogP contribution in [-0.2, 0) is 10.4 Å². The Balaban J connectivity index is -0.0000000135. The molecule has 0 atom stereocenters. The normalized spacial score (nSPS) is 5.38. The maximum atomic E-state index is 8.74. The monoisotopic (exact) mass is 224 g/mol. The minimum absolute atomic E-state index is 0. The Labute approximate surface area is 102 Å². The van der Waals surface area contributed by atoms with Gasteiger partial charge < -0.3 is 5.48 Å². The number of hydrogen-bond acceptors (Lipinski definition) is 2. The summed E-state index contributed by atoms with van der Waals surface area (Å²) in [4.78, 5) is 0. The van der Waals surface area contributed by atoms with E-state index < -0.39 is 10.4 Å². The van der Waals surface area contributed by atoms with Crippen LogP contribution in [0.1, 0.15) is 0 Å². The van der Waals surface area contributed by atoms with E-state index in [-0.39, 0.29) is 35.0 Å². The van der Waals surface area contributed by atoms with Gasteiger partial charge in [-0.3, -0.25) is 9.11 Å². The molecular weight excluding hydrogens is 207 g/mol. The third-order valence-corrected chi connectivity index (χ3v) is 0. The Bertz CT molecular complexity index is 132. The van der Waals surface area contributed by atoms with Gasteiger partial charge in [0.15, 0.2) is 0 Å². The molecule has 0 spiro atoms. The Morgan fingerprint density at radius 1 is 0.769 bits per heavy atom. The Hall–Kier alpha value is 0.0500. The molecule has 13 heavy (non-hydrogen) atoms. The van der Waals surface area contributed by atoms with Crippen molar-refractivity contribution in [1.82, 2.24) is 0 Å². The molecule has 0 fully saturated rings. The summed E-state index contributed by atoms with van der Waals surface area (Å²) in [5.41, 5.74) is 0. The molecule has 4 N–H and O–H groups in total. The van der Waals surface area contributed by atoms with Crippen LogP contribution < -0.4 is 0 Å². The van der Waals surface area contributed by atoms with E-state index in [1.807, 2.05) is 0 Å². The predicted molar refractivity (Wildman–Crippen MR) is 58.7 cm³/mol. The molecule has 0 saturated carbocycles. The summed E-state index contributed by atoms with van der Waals surface area (Å²) >= 11 is 0. The van der Waals surface area contributed by atoms with Crippen molar-refractivity contribution in [2.24, 2.45) is 0 Å². The third-order valence-electron chi connectivity index (χ3n) is 0. The van der Waals surface area contributed by atoms with E-state index in [1.165, 1.54) is 0 Å². The Morgan fingerprint density at radius 2 is 0.769 bits per heavy atom. The summed E-state index contributed by atoms with van der Waals surface area (Å²) in [7, 11) is -4.67. The molecule has 0 aromatic heterocycles. The van der Waals surface area contributed by atoms with Crippen LogP contribution in [0.15, 0.2) is 39.5 Å². The first-order valence-corrected chi connectivity index (χ1v) is 3.60. The fraction of sp³-hybridized carbons (Fsp3) is 0. The second-order valence-electron chi connectivity index (χ2n) is 0.448. The number of rotatable bonds is 0. The Kier molecular flexibility index (Phi) is 118. The van der Waals surface area contributed by atoms with Crippen molar-refractivity contribution in [3.63, 3.8) is 0 Å². The van der Waals surface area contributed by atoms with E-state index >= 15 is 0 Å². The molecule has 0 aliphatic rings. The van der Waals surface area contributed by atoms with Crippen LogP contribution in [0, 0.1) is 0 Å². The zero-order valence-corrected chi connectivity index (χ0v) is 7.68. The first kappa shape index (κ1) is 38.1. The van der Waals surface area contributed by atoms with Crippen molar-refractivity contribution >= 4 is 40.0 Å². The molecule has 0 unspecified atom stereocenters. The van der Waals surface area contributed by atoms with Gasteiger partial charge in [-0.15, -0.1) is 39.5 Å². The molecule has 0 amide bonds. The molecule has 5 nitrogen and oxygen atoms in total. The Morgan fingerprint density at radius 3 is 0.769 bits per heavy atom. The van der Waals surface area contributed by atoms with Crippen LogP contribution in [0.25, 0.3) is 0 Å². The van der Waals surface area contributed by atoms with Gasteiger partial charge in [0.05, 0.1) is 0 Å². The van der Waals surface area contributed by atoms with E-state index in [1.54, 1.807) is 0 Å². The summed E-state index contributed by atoms with van der Waals surface area (Å²) in [5.74, 6) is 0. The quantitative estimate of drug-likeness (QED) is 0.350. The van der Waals surface area contributed by atoms with Crippen LogP contribution in [0.5, 0.6) is 0 Å². The molecule has 0 aliphatic carbocycles. The molecule has 0 saturated heterocycles. The molecule has 0 aliphatic heterocycles. The van der Waals surface area contributed by atoms with Crippen LogP contribution in [-0.4, -0.2) is 52.6 Å². The fourth-order valence-corrected chi connectivity index (χ4v) is 0. The van der Waals surface area contributed by atoms with Crippen LogP contribution >= 0.6 is 0 Å². The van der Waals surface area contributed by atoms with Crippen LogP contribution in [0.4, 0.5) is 0 Å². The van der Waals surface area contributed by atoms with Gasteiger partial charge in [0, 0.05) is 0 Å². The molecular formula is C6H17NaO5S. The number of hydrogen-bond donors (Lipinski definition) is 2. The van der Waals surface area contributed by atoms with Crippen molar-refractivity contribution in [2.45, 2.75) is 0 Å². The minimum atomic E-state index is -4.67. The second-order valence-corrected chi connectivity index (χ2v) is 1.34. The van der Waals surface area contributed by atoms with Crippen molar-refractivity contribution in [3.8, 4) is 0 Å². The summed E-state index contributed by atoms with van der Waals surface area (Å²) < 4.78 is 31.6. The van der Waals surface area contributed by atoms with Gasteiger partial charge in [-0.1, -0.05) is 0 Å². The van der Waals surface area contributed by atoms with Gasteiger partial charge in [-0.05, 0) is 0 Å². The average Bonchev–Trinajstić information content (AvgIpc) is 1.96. The van der Waals surface area contributed by atoms with E-state index in [2.05, 4.69) is 39.5 Å². The SMILES string of the molecule is C=C.C=C.C=C.O.O=S(=O)(O)O.[NaH]. The van der Waals surface area contributed by atoms with Crippen LogP contribution in [0.2, 0.25) is 0 Å². The zero-order valence-electron chi connectivity index (χ0n) is 6.86. The molecule has 7 heteroatoms. The molecule has 0 rings (SSSR count). The first-order valence-electron chi connectivity index (χ1n) is 2.20. The van der Waals surface area contributed by atoms with Gasteiger partial charge >= 0.3 is 40.0 Å². The maximum absolute atomic E-state index is 8.74. The van der Waals surface area contributed by atoms with E-state index in [0.717, 1.165) is 0 Å². The van der Waals surface area contributed by atoms with E-state index in [0.29, 0.717) is 0 Å². The molecule has 0 aromatic rings. The summed E-state index contributed by atoms with van der Waals surface area (Å²) in [6.07, 6.45) is 0. The molecule has 0 aromatic carbocycles. The topological polar surface area (TPSA) is 106 Å². The van der Waals surface area contributed by atoms with Crippen molar-refractivity contribution in [1.29, 1.82) is 0 Å². The van der Waals surface area contributed by atoms with Crippen molar-refractivity contribution in [2.75, 3.05) is 0 Å². The summed E-state index contributed by atoms with van der Waals surface area (Å²) in [5, 5.41) is 0. The second kappa shape index (κ2) is 40.2. The van der Waals surface area contributed by atoms with Gasteiger partial charge in [0.25, 0.3) is 0 Å². The molecule has 0 bridgehead atoms. The molecule has 78 valence electrons. The van der Waals surface area contributed by atoms with Gasteiger partial charge in [0.2, 0.25) is 0 Å². The summed E-state index contributed by atoms with van der Waals surface area (Å²) in [6, 6.07) is 0. The molecule has 0 heterocycles. The van der Waals surface area contributed by atoms with Crippen molar-refractivity contribution < 1.29 is 23.0 Å². The van der Waals surface area contributed by atoms with Crippen LogP contribution in [0.3, 0.4) is 0 Å². The fourth-order valence-electron chi connectivity index (χ4n) is 0. The van der Waals surface area contributed by atoms with E-state index in [9.17, 15) is 0 Å². The van der Waals surface area contributed by atoms with Gasteiger partial charge in [-0.25, -0.2) is 0 Å². The van der Waals surface area contributed by atoms with Crippen molar-refractivity contribution in [3.05, 3.63) is 39.5 Å². The standard InChI is InChI=1S/3C2H4.Na.H2O4S.H2O.H/c3*1-2;;1-5(2,3)4;;/h3*1-2H2;;(H2,1,2,3,4);1H2;. The zero-order chi connectivity index (χ0) is 10.5. The van der Waals surface area contributed by atoms with Gasteiger partial charge in [-0.2, -0.15) is 8.42 Å². The third kappa shape index (κ3) is 487000. The van der Waals surface area contributed by atoms with E-state index in [4.69, 9.17) is 17.5 Å². The predicted octanol–water partition coefficient (Wildman–Crippen LogP) is 0.281. The van der Waals surface area contributed by atoms with Gasteiger partial charge in [0.1, 0.15) is 0 Å². The summed E-state index contributed by atoms with van der Waals surface area (Å²) in [6.45, 7) is 18.0.